The van der Waals surface area contributed by atoms with Gasteiger partial charge in [0.25, 0.3) is 0 Å². The lowest BCUT2D eigenvalue weighted by Gasteiger charge is -2.12. The molecule has 3 rings (SSSR count). The summed E-state index contributed by atoms with van der Waals surface area (Å²) in [5, 5.41) is 0. The molecule has 1 fully saturated rings. The Morgan fingerprint density at radius 3 is 2.38 bits per heavy atom. The van der Waals surface area contributed by atoms with E-state index in [4.69, 9.17) is 9.72 Å². The van der Waals surface area contributed by atoms with Gasteiger partial charge in [0.15, 0.2) is 5.82 Å². The van der Waals surface area contributed by atoms with E-state index in [-0.39, 0.29) is 0 Å². The first kappa shape index (κ1) is 24.7. The second-order valence-electron chi connectivity index (χ2n) is 9.61. The smallest absolute Gasteiger partial charge is 0.220 e. The van der Waals surface area contributed by atoms with E-state index in [0.717, 1.165) is 48.2 Å². The first-order valence-electron chi connectivity index (χ1n) is 13.4. The molecule has 1 aromatic carbocycles. The first-order valence-corrected chi connectivity index (χ1v) is 13.4. The van der Waals surface area contributed by atoms with Crippen molar-refractivity contribution in [2.45, 2.75) is 110 Å². The molecule has 0 unspecified atom stereocenters. The van der Waals surface area contributed by atoms with Gasteiger partial charge in [0.1, 0.15) is 0 Å². The molecular weight excluding hydrogens is 392 g/mol. The van der Waals surface area contributed by atoms with E-state index in [2.05, 4.69) is 24.0 Å². The van der Waals surface area contributed by atoms with E-state index in [9.17, 15) is 0 Å². The minimum Gasteiger partial charge on any atom is -0.477 e. The summed E-state index contributed by atoms with van der Waals surface area (Å²) in [6.45, 7) is 3.02. The fourth-order valence-corrected chi connectivity index (χ4v) is 4.87. The SMILES string of the molecule is CCCCCCCc1cnc(-c2ccccc2)nc1OCCCCCCCC1CCCC1. The molecule has 1 aliphatic rings. The van der Waals surface area contributed by atoms with Gasteiger partial charge in [0.05, 0.1) is 6.61 Å². The molecule has 176 valence electrons. The Bertz CT molecular complexity index is 740. The van der Waals surface area contributed by atoms with E-state index in [1.165, 1.54) is 89.9 Å². The number of unbranched alkanes of at least 4 members (excludes halogenated alkanes) is 8. The van der Waals surface area contributed by atoms with Crippen LogP contribution >= 0.6 is 0 Å². The van der Waals surface area contributed by atoms with Crippen LogP contribution in [0.2, 0.25) is 0 Å². The van der Waals surface area contributed by atoms with Gasteiger partial charge in [-0.2, -0.15) is 4.98 Å². The van der Waals surface area contributed by atoms with Crippen LogP contribution in [0.5, 0.6) is 5.88 Å². The maximum atomic E-state index is 6.21. The Morgan fingerprint density at radius 1 is 0.844 bits per heavy atom. The average Bonchev–Trinajstić information content (AvgIpc) is 3.35. The van der Waals surface area contributed by atoms with Crippen LogP contribution in [0.1, 0.15) is 109 Å². The van der Waals surface area contributed by atoms with E-state index in [1.807, 2.05) is 24.4 Å². The second kappa shape index (κ2) is 15.0. The molecule has 0 aliphatic heterocycles. The Kier molecular flexibility index (Phi) is 11.6. The van der Waals surface area contributed by atoms with Gasteiger partial charge in [-0.15, -0.1) is 0 Å². The number of hydrogen-bond acceptors (Lipinski definition) is 3. The van der Waals surface area contributed by atoms with Crippen LogP contribution in [-0.2, 0) is 6.42 Å². The molecule has 3 heteroatoms. The quantitative estimate of drug-likeness (QED) is 0.247. The lowest BCUT2D eigenvalue weighted by atomic mass is 9.99. The predicted molar refractivity (Wildman–Crippen MR) is 135 cm³/mol. The summed E-state index contributed by atoms with van der Waals surface area (Å²) < 4.78 is 6.21. The third-order valence-electron chi connectivity index (χ3n) is 6.88. The molecule has 1 aromatic heterocycles. The maximum absolute atomic E-state index is 6.21. The summed E-state index contributed by atoms with van der Waals surface area (Å²) in [4.78, 5) is 9.46. The summed E-state index contributed by atoms with van der Waals surface area (Å²) >= 11 is 0. The van der Waals surface area contributed by atoms with Crippen molar-refractivity contribution in [3.05, 3.63) is 42.1 Å². The summed E-state index contributed by atoms with van der Waals surface area (Å²) in [5.74, 6) is 2.60. The fourth-order valence-electron chi connectivity index (χ4n) is 4.87. The zero-order valence-corrected chi connectivity index (χ0v) is 20.4. The topological polar surface area (TPSA) is 35.0 Å². The van der Waals surface area contributed by atoms with Crippen LogP contribution in [0.3, 0.4) is 0 Å². The van der Waals surface area contributed by atoms with Gasteiger partial charge in [0.2, 0.25) is 5.88 Å². The first-order chi connectivity index (χ1) is 15.9. The van der Waals surface area contributed by atoms with Crippen LogP contribution in [0.4, 0.5) is 0 Å². The molecule has 1 saturated carbocycles. The molecule has 2 aromatic rings. The number of aromatic nitrogens is 2. The standard InChI is InChI=1S/C29H44N2O/c1-2-3-4-6-11-22-27-24-30-28(26-20-12-9-13-21-26)31-29(27)32-23-16-8-5-7-10-17-25-18-14-15-19-25/h9,12-13,20-21,24-25H,2-8,10-11,14-19,22-23H2,1H3. The lowest BCUT2D eigenvalue weighted by Crippen LogP contribution is -2.05. The highest BCUT2D eigenvalue weighted by Gasteiger charge is 2.14. The molecule has 0 amide bonds. The van der Waals surface area contributed by atoms with Crippen molar-refractivity contribution in [1.82, 2.24) is 9.97 Å². The van der Waals surface area contributed by atoms with Crippen molar-refractivity contribution in [2.24, 2.45) is 5.92 Å². The monoisotopic (exact) mass is 436 g/mol. The summed E-state index contributed by atoms with van der Waals surface area (Å²) in [5.41, 5.74) is 2.21. The van der Waals surface area contributed by atoms with Gasteiger partial charge >= 0.3 is 0 Å². The summed E-state index contributed by atoms with van der Waals surface area (Å²) in [6, 6.07) is 10.2. The van der Waals surface area contributed by atoms with Crippen molar-refractivity contribution in [1.29, 1.82) is 0 Å². The molecule has 1 heterocycles. The highest BCUT2D eigenvalue weighted by atomic mass is 16.5. The Labute approximate surface area is 196 Å². The average molecular weight is 437 g/mol. The molecule has 3 nitrogen and oxygen atoms in total. The van der Waals surface area contributed by atoms with Crippen LogP contribution in [-0.4, -0.2) is 16.6 Å². The molecule has 0 bridgehead atoms. The van der Waals surface area contributed by atoms with Crippen LogP contribution in [0.25, 0.3) is 11.4 Å². The van der Waals surface area contributed by atoms with E-state index in [1.54, 1.807) is 0 Å². The van der Waals surface area contributed by atoms with Crippen molar-refractivity contribution >= 4 is 0 Å². The Balaban J connectivity index is 1.43. The van der Waals surface area contributed by atoms with Gasteiger partial charge in [-0.3, -0.25) is 0 Å². The Morgan fingerprint density at radius 2 is 1.56 bits per heavy atom. The van der Waals surface area contributed by atoms with Crippen molar-refractivity contribution in [3.63, 3.8) is 0 Å². The van der Waals surface area contributed by atoms with E-state index in [0.29, 0.717) is 0 Å². The third kappa shape index (κ3) is 8.92. The van der Waals surface area contributed by atoms with Gasteiger partial charge in [-0.05, 0) is 25.2 Å². The van der Waals surface area contributed by atoms with Crippen molar-refractivity contribution in [3.8, 4) is 17.3 Å². The maximum Gasteiger partial charge on any atom is 0.220 e. The third-order valence-corrected chi connectivity index (χ3v) is 6.88. The number of ether oxygens (including phenoxy) is 1. The van der Waals surface area contributed by atoms with E-state index < -0.39 is 0 Å². The van der Waals surface area contributed by atoms with Gasteiger partial charge in [-0.1, -0.05) is 121 Å². The van der Waals surface area contributed by atoms with Gasteiger partial charge < -0.3 is 4.74 Å². The highest BCUT2D eigenvalue weighted by Crippen LogP contribution is 2.29. The van der Waals surface area contributed by atoms with Gasteiger partial charge in [-0.25, -0.2) is 4.98 Å². The van der Waals surface area contributed by atoms with Gasteiger partial charge in [0, 0.05) is 17.3 Å². The molecule has 0 atom stereocenters. The second-order valence-corrected chi connectivity index (χ2v) is 9.61. The Hall–Kier alpha value is -1.90. The summed E-state index contributed by atoms with van der Waals surface area (Å²) in [7, 11) is 0. The fraction of sp³-hybridized carbons (Fsp3) is 0.655. The lowest BCUT2D eigenvalue weighted by molar-refractivity contribution is 0.289. The zero-order valence-electron chi connectivity index (χ0n) is 20.4. The molecule has 0 N–H and O–H groups in total. The molecular formula is C29H44N2O. The minimum atomic E-state index is 0.761. The number of nitrogens with zero attached hydrogens (tertiary/aromatic N) is 2. The van der Waals surface area contributed by atoms with Crippen LogP contribution in [0.15, 0.2) is 36.5 Å². The van der Waals surface area contributed by atoms with Crippen molar-refractivity contribution < 1.29 is 4.74 Å². The highest BCUT2D eigenvalue weighted by molar-refractivity contribution is 5.55. The predicted octanol–water partition coefficient (Wildman–Crippen LogP) is 8.57. The number of rotatable bonds is 16. The number of benzene rings is 1. The minimum absolute atomic E-state index is 0.761. The zero-order chi connectivity index (χ0) is 22.3. The van der Waals surface area contributed by atoms with Crippen molar-refractivity contribution in [2.75, 3.05) is 6.61 Å². The largest absolute Gasteiger partial charge is 0.477 e. The van der Waals surface area contributed by atoms with Crippen LogP contribution < -0.4 is 4.74 Å². The molecule has 0 saturated heterocycles. The number of aryl methyl sites for hydroxylation is 1. The van der Waals surface area contributed by atoms with Crippen LogP contribution in [0, 0.1) is 5.92 Å². The molecule has 1 aliphatic carbocycles. The normalized spacial score (nSPS) is 14.2. The molecule has 32 heavy (non-hydrogen) atoms. The molecule has 0 spiro atoms. The number of hydrogen-bond donors (Lipinski definition) is 0. The van der Waals surface area contributed by atoms with E-state index >= 15 is 0 Å². The summed E-state index contributed by atoms with van der Waals surface area (Å²) in [6.07, 6.45) is 23.3. The molecule has 0 radical (unpaired) electrons.